The third-order valence-corrected chi connectivity index (χ3v) is 11.3. The van der Waals surface area contributed by atoms with Gasteiger partial charge in [-0.25, -0.2) is 0 Å². The van der Waals surface area contributed by atoms with Crippen molar-refractivity contribution in [2.75, 3.05) is 11.4 Å². The summed E-state index contributed by atoms with van der Waals surface area (Å²) in [4.78, 5) is 16.7. The molecule has 2 atom stereocenters. The zero-order chi connectivity index (χ0) is 32.8. The molecule has 11 rings (SSSR count). The van der Waals surface area contributed by atoms with E-state index in [4.69, 9.17) is 15.0 Å². The first-order valence-corrected chi connectivity index (χ1v) is 17.3. The number of nitrogens with one attached hydrogen (secondary N) is 1. The molecule has 5 heterocycles. The lowest BCUT2D eigenvalue weighted by atomic mass is 9.71. The van der Waals surface area contributed by atoms with Crippen LogP contribution in [0.4, 0.5) is 11.4 Å². The number of pyridine rings is 3. The van der Waals surface area contributed by atoms with Gasteiger partial charge in [-0.3, -0.25) is 15.0 Å². The maximum atomic E-state index is 4.75. The Morgan fingerprint density at radius 2 is 1.18 bits per heavy atom. The molecule has 2 aliphatic carbocycles. The predicted molar refractivity (Wildman–Crippen MR) is 199 cm³/mol. The molecule has 2 unspecified atom stereocenters. The molecule has 5 nitrogen and oxygen atoms in total. The highest BCUT2D eigenvalue weighted by atomic mass is 15.2. The summed E-state index contributed by atoms with van der Waals surface area (Å²) < 4.78 is 0. The van der Waals surface area contributed by atoms with Crippen LogP contribution in [0.1, 0.15) is 33.7 Å². The Hall–Kier alpha value is -6.33. The minimum absolute atomic E-state index is 0.124. The van der Waals surface area contributed by atoms with Crippen LogP contribution in [0, 0.1) is 0 Å². The number of rotatable bonds is 3. The molecule has 236 valence electrons. The van der Waals surface area contributed by atoms with Gasteiger partial charge in [0.2, 0.25) is 0 Å². The summed E-state index contributed by atoms with van der Waals surface area (Å²) in [5.74, 6) is 0.140. The molecule has 4 aliphatic rings. The van der Waals surface area contributed by atoms with E-state index in [1.807, 2.05) is 42.9 Å². The van der Waals surface area contributed by atoms with Gasteiger partial charge in [-0.1, -0.05) is 84.9 Å². The van der Waals surface area contributed by atoms with Gasteiger partial charge in [0.25, 0.3) is 0 Å². The Morgan fingerprint density at radius 3 is 1.80 bits per heavy atom. The van der Waals surface area contributed by atoms with E-state index in [1.165, 1.54) is 50.2 Å². The van der Waals surface area contributed by atoms with Gasteiger partial charge >= 0.3 is 0 Å². The Bertz CT molecular complexity index is 2420. The van der Waals surface area contributed by atoms with Gasteiger partial charge < -0.3 is 10.2 Å². The minimum atomic E-state index is -0.393. The van der Waals surface area contributed by atoms with Crippen molar-refractivity contribution in [3.63, 3.8) is 0 Å². The first kappa shape index (κ1) is 27.6. The Morgan fingerprint density at radius 1 is 0.600 bits per heavy atom. The fraction of sp³-hybridized carbons (Fsp3) is 0.0889. The molecule has 5 heteroatoms. The molecule has 0 saturated carbocycles. The Balaban J connectivity index is 1.15. The smallest absolute Gasteiger partial charge is 0.0869 e. The largest absolute Gasteiger partial charge is 0.385 e. The molecule has 7 aromatic rings. The number of hydrogen-bond acceptors (Lipinski definition) is 5. The zero-order valence-electron chi connectivity index (χ0n) is 27.2. The normalized spacial score (nSPS) is 18.5. The summed E-state index contributed by atoms with van der Waals surface area (Å²) in [5, 5.41) is 4.13. The lowest BCUT2D eigenvalue weighted by Crippen LogP contribution is -2.46. The van der Waals surface area contributed by atoms with Gasteiger partial charge in [0.15, 0.2) is 0 Å². The van der Waals surface area contributed by atoms with Crippen LogP contribution in [0.5, 0.6) is 0 Å². The summed E-state index contributed by atoms with van der Waals surface area (Å²) in [7, 11) is 0. The van der Waals surface area contributed by atoms with Gasteiger partial charge in [-0.05, 0) is 93.0 Å². The fourth-order valence-corrected chi connectivity index (χ4v) is 9.47. The molecule has 1 spiro atoms. The predicted octanol–water partition coefficient (Wildman–Crippen LogP) is 9.15. The number of nitrogens with zero attached hydrogens (tertiary/aromatic N) is 4. The molecule has 4 aromatic carbocycles. The van der Waals surface area contributed by atoms with Crippen LogP contribution in [0.3, 0.4) is 0 Å². The molecule has 50 heavy (non-hydrogen) atoms. The van der Waals surface area contributed by atoms with E-state index in [9.17, 15) is 0 Å². The zero-order valence-corrected chi connectivity index (χ0v) is 27.2. The maximum absolute atomic E-state index is 4.75. The average Bonchev–Trinajstić information content (AvgIpc) is 3.80. The van der Waals surface area contributed by atoms with Crippen LogP contribution in [-0.2, 0) is 5.41 Å². The number of anilines is 2. The lowest BCUT2D eigenvalue weighted by molar-refractivity contribution is 0.538. The lowest BCUT2D eigenvalue weighted by Gasteiger charge is -2.40. The monoisotopic (exact) mass is 641 g/mol. The summed E-state index contributed by atoms with van der Waals surface area (Å²) in [5.41, 5.74) is 17.9. The second kappa shape index (κ2) is 10.3. The molecular formula is C45H31N5. The van der Waals surface area contributed by atoms with Crippen LogP contribution < -0.4 is 10.2 Å². The first-order valence-electron chi connectivity index (χ1n) is 17.3. The molecular weight excluding hydrogens is 611 g/mol. The minimum Gasteiger partial charge on any atom is -0.385 e. The summed E-state index contributed by atoms with van der Waals surface area (Å²) in [6, 6.07) is 48.5. The van der Waals surface area contributed by atoms with Crippen molar-refractivity contribution >= 4 is 16.9 Å². The SMILES string of the molecule is c1ccc(-c2cc(-c3ccccn3)cc(N3c4cnccc4C4C5=C(NCC43)C3(c4ccccc45)c4ccccc4-c4ccccc43)c2)nc1. The molecule has 0 fully saturated rings. The van der Waals surface area contributed by atoms with Crippen molar-refractivity contribution < 1.29 is 0 Å². The van der Waals surface area contributed by atoms with E-state index in [0.29, 0.717) is 0 Å². The number of allylic oxidation sites excluding steroid dienone is 1. The topological polar surface area (TPSA) is 53.9 Å². The van der Waals surface area contributed by atoms with Crippen molar-refractivity contribution in [3.05, 3.63) is 192 Å². The average molecular weight is 642 g/mol. The summed E-state index contributed by atoms with van der Waals surface area (Å²) in [6.45, 7) is 0.783. The van der Waals surface area contributed by atoms with Crippen LogP contribution in [-0.4, -0.2) is 27.5 Å². The standard InChI is InChI=1S/C45H31N5/c1-4-14-35-31(11-1)32-12-2-5-15-36(32)45(35)37-16-6-3-13-33(37)43-42-34-19-22-46-26-40(34)50(41(42)27-49-44(43)45)30-24-28(38-17-7-9-20-47-38)23-29(25-30)39-18-8-10-21-48-39/h1-26,41-42,49H,27H2. The van der Waals surface area contributed by atoms with Gasteiger partial charge in [0.1, 0.15) is 0 Å². The number of hydrogen-bond donors (Lipinski definition) is 1. The molecule has 0 saturated heterocycles. The van der Waals surface area contributed by atoms with Crippen LogP contribution >= 0.6 is 0 Å². The van der Waals surface area contributed by atoms with Crippen molar-refractivity contribution in [2.45, 2.75) is 17.4 Å². The Kier molecular flexibility index (Phi) is 5.71. The fourth-order valence-electron chi connectivity index (χ4n) is 9.47. The van der Waals surface area contributed by atoms with Gasteiger partial charge in [-0.2, -0.15) is 0 Å². The third kappa shape index (κ3) is 3.58. The highest BCUT2D eigenvalue weighted by Crippen LogP contribution is 2.65. The van der Waals surface area contributed by atoms with E-state index in [1.54, 1.807) is 0 Å². The molecule has 0 bridgehead atoms. The maximum Gasteiger partial charge on any atom is 0.0869 e. The second-order valence-electron chi connectivity index (χ2n) is 13.6. The first-order chi connectivity index (χ1) is 24.8. The van der Waals surface area contributed by atoms with Crippen molar-refractivity contribution in [3.8, 4) is 33.6 Å². The van der Waals surface area contributed by atoms with Crippen LogP contribution in [0.15, 0.2) is 164 Å². The van der Waals surface area contributed by atoms with Crippen LogP contribution in [0.25, 0.3) is 39.2 Å². The highest BCUT2D eigenvalue weighted by molar-refractivity contribution is 5.98. The highest BCUT2D eigenvalue weighted by Gasteiger charge is 2.58. The number of fused-ring (bicyclic) bond motifs is 13. The van der Waals surface area contributed by atoms with E-state index >= 15 is 0 Å². The van der Waals surface area contributed by atoms with E-state index in [2.05, 4.69) is 126 Å². The van der Waals surface area contributed by atoms with Crippen molar-refractivity contribution in [2.24, 2.45) is 0 Å². The van der Waals surface area contributed by atoms with Gasteiger partial charge in [0, 0.05) is 53.6 Å². The third-order valence-electron chi connectivity index (χ3n) is 11.3. The summed E-state index contributed by atoms with van der Waals surface area (Å²) >= 11 is 0. The van der Waals surface area contributed by atoms with Crippen LogP contribution in [0.2, 0.25) is 0 Å². The second-order valence-corrected chi connectivity index (χ2v) is 13.6. The Labute approximate surface area is 290 Å². The number of benzene rings is 4. The number of aromatic nitrogens is 3. The van der Waals surface area contributed by atoms with E-state index in [-0.39, 0.29) is 12.0 Å². The van der Waals surface area contributed by atoms with E-state index in [0.717, 1.165) is 40.4 Å². The van der Waals surface area contributed by atoms with Crippen molar-refractivity contribution in [1.29, 1.82) is 0 Å². The van der Waals surface area contributed by atoms with Gasteiger partial charge in [0.05, 0.1) is 34.7 Å². The molecule has 2 aliphatic heterocycles. The van der Waals surface area contributed by atoms with E-state index < -0.39 is 5.41 Å². The van der Waals surface area contributed by atoms with Crippen molar-refractivity contribution in [1.82, 2.24) is 20.3 Å². The molecule has 0 amide bonds. The molecule has 0 radical (unpaired) electrons. The molecule has 3 aromatic heterocycles. The van der Waals surface area contributed by atoms with Gasteiger partial charge in [-0.15, -0.1) is 0 Å². The quantitative estimate of drug-likeness (QED) is 0.209. The molecule has 1 N–H and O–H groups in total. The summed E-state index contributed by atoms with van der Waals surface area (Å²) in [6.07, 6.45) is 7.74.